The van der Waals surface area contributed by atoms with Crippen LogP contribution in [0.2, 0.25) is 0 Å². The highest BCUT2D eigenvalue weighted by atomic mass is 16.8. The van der Waals surface area contributed by atoms with E-state index in [1.54, 1.807) is 0 Å². The van der Waals surface area contributed by atoms with E-state index >= 15 is 0 Å². The molecule has 22 saturated heterocycles. The van der Waals surface area contributed by atoms with Gasteiger partial charge in [0.25, 0.3) is 0 Å². The Bertz CT molecular complexity index is 3470. The molecule has 120 heavy (non-hydrogen) atoms. The van der Waals surface area contributed by atoms with Gasteiger partial charge in [0.2, 0.25) is 17.7 Å². The van der Waals surface area contributed by atoms with Crippen molar-refractivity contribution in [3.8, 4) is 0 Å². The van der Waals surface area contributed by atoms with E-state index in [2.05, 4.69) is 46.9 Å². The van der Waals surface area contributed by atoms with Crippen LogP contribution in [0.25, 0.3) is 0 Å². The molecule has 3 aromatic rings. The number of nitrogens with one attached hydrogen (secondary N) is 6. The van der Waals surface area contributed by atoms with Crippen LogP contribution in [0.4, 0.5) is 17.5 Å². The summed E-state index contributed by atoms with van der Waals surface area (Å²) in [6, 6.07) is 4.02. The highest BCUT2D eigenvalue weighted by Crippen LogP contribution is 2.42. The van der Waals surface area contributed by atoms with Gasteiger partial charge in [-0.2, -0.15) is 15.0 Å². The highest BCUT2D eigenvalue weighted by Gasteiger charge is 2.61. The van der Waals surface area contributed by atoms with Gasteiger partial charge in [0.05, 0.1) is 38.4 Å². The maximum Gasteiger partial charge on any atom is 0.382 e. The van der Waals surface area contributed by atoms with Crippen molar-refractivity contribution in [2.75, 3.05) is 182 Å². The number of nitrogens with zero attached hydrogens (tertiary/aromatic N) is 6. The lowest BCUT2D eigenvalue weighted by atomic mass is 9.94. The summed E-state index contributed by atoms with van der Waals surface area (Å²) in [6.07, 6.45) is -35.4. The Morgan fingerprint density at radius 1 is 0.308 bits per heavy atom. The van der Waals surface area contributed by atoms with Gasteiger partial charge in [0, 0.05) is 183 Å². The maximum atomic E-state index is 14.1. The molecule has 3 amide bonds. The van der Waals surface area contributed by atoms with Crippen molar-refractivity contribution < 1.29 is 158 Å². The molecule has 22 fully saturated rings. The minimum absolute atomic E-state index is 0.0290. The van der Waals surface area contributed by atoms with Crippen molar-refractivity contribution in [2.24, 2.45) is 0 Å². The molecule has 12 bridgehead atoms. The zero-order valence-electron chi connectivity index (χ0n) is 69.3. The number of hydrogen-bond donors (Lipinski definition) is 9. The molecule has 22 aliphatic heterocycles. The zero-order chi connectivity index (χ0) is 86.4. The fourth-order valence-electron chi connectivity index (χ4n) is 15.6. The molecule has 0 spiro atoms. The molecule has 48 nitrogen and oxygen atoms in total. The summed E-state index contributed by atoms with van der Waals surface area (Å²) in [5, 5.41) is 46.7. The summed E-state index contributed by atoms with van der Waals surface area (Å²) in [5.74, 6) is -1.30. The predicted octanol–water partition coefficient (Wildman–Crippen LogP) is -4.98. The van der Waals surface area contributed by atoms with Gasteiger partial charge in [-0.05, 0) is 0 Å². The van der Waals surface area contributed by atoms with Gasteiger partial charge in [-0.25, -0.2) is 14.4 Å². The van der Waals surface area contributed by atoms with Crippen LogP contribution in [0.15, 0.2) is 51.2 Å². The van der Waals surface area contributed by atoms with E-state index in [0.717, 1.165) is 18.6 Å². The number of hydrogen-bond acceptors (Lipinski definition) is 42. The van der Waals surface area contributed by atoms with Crippen molar-refractivity contribution in [3.63, 3.8) is 0 Å². The third-order valence-electron chi connectivity index (χ3n) is 21.4. The normalized spacial score (nSPS) is 35.4. The molecule has 30 atom stereocenters. The Kier molecular flexibility index (Phi) is 36.4. The quantitative estimate of drug-likeness (QED) is 0.0246. The molecule has 22 aliphatic rings. The van der Waals surface area contributed by atoms with Crippen LogP contribution in [0.1, 0.15) is 19.3 Å². The van der Waals surface area contributed by atoms with Gasteiger partial charge < -0.3 is 175 Å². The van der Waals surface area contributed by atoms with Crippen LogP contribution >= 0.6 is 0 Å². The van der Waals surface area contributed by atoms with Gasteiger partial charge in [0.15, 0.2) is 37.7 Å². The highest BCUT2D eigenvalue weighted by molar-refractivity contribution is 5.77. The summed E-state index contributed by atoms with van der Waals surface area (Å²) < 4.78 is 179. The average molecular weight is 1720 g/mol. The minimum Gasteiger partial charge on any atom is -0.424 e. The Balaban J connectivity index is 1.06. The zero-order valence-corrected chi connectivity index (χ0v) is 69.3. The second kappa shape index (κ2) is 45.9. The topological polar surface area (TPSA) is 538 Å². The number of amides is 3. The van der Waals surface area contributed by atoms with Crippen molar-refractivity contribution in [1.29, 1.82) is 0 Å². The Hall–Kier alpha value is -7.23. The van der Waals surface area contributed by atoms with Crippen LogP contribution in [0.3, 0.4) is 0 Å². The third kappa shape index (κ3) is 22.8. The van der Waals surface area contributed by atoms with E-state index in [9.17, 15) is 44.4 Å². The number of carbonyl (C=O) groups is 3. The van der Waals surface area contributed by atoms with E-state index in [4.69, 9.17) is 128 Å². The lowest BCUT2D eigenvalue weighted by Gasteiger charge is -2.53. The summed E-state index contributed by atoms with van der Waals surface area (Å²) in [5.41, 5.74) is -2.86. The van der Waals surface area contributed by atoms with Crippen molar-refractivity contribution in [3.05, 3.63) is 68.2 Å². The first-order valence-electron chi connectivity index (χ1n) is 38.6. The third-order valence-corrected chi connectivity index (χ3v) is 21.4. The van der Waals surface area contributed by atoms with Crippen LogP contribution in [0.5, 0.6) is 0 Å². The van der Waals surface area contributed by atoms with E-state index in [1.165, 1.54) is 125 Å². The van der Waals surface area contributed by atoms with Crippen LogP contribution in [0, 0.1) is 0 Å². The van der Waals surface area contributed by atoms with Crippen molar-refractivity contribution in [1.82, 2.24) is 45.1 Å². The molecule has 48 heteroatoms. The van der Waals surface area contributed by atoms with E-state index in [0.29, 0.717) is 14.2 Å². The van der Waals surface area contributed by atoms with Crippen molar-refractivity contribution >= 4 is 35.2 Å². The smallest absolute Gasteiger partial charge is 0.382 e. The maximum absolute atomic E-state index is 14.1. The first-order chi connectivity index (χ1) is 58.0. The fourth-order valence-corrected chi connectivity index (χ4v) is 15.6. The van der Waals surface area contributed by atoms with Gasteiger partial charge >= 0.3 is 17.1 Å². The summed E-state index contributed by atoms with van der Waals surface area (Å²) in [7, 11) is 21.1. The first-order valence-corrected chi connectivity index (χ1v) is 38.6. The molecule has 25 heterocycles. The SMILES string of the molecule is COC[C@H]1O[C@@H]2O[C@H]3[C@H](OC)[C@@H](OC)[C@@H](O[C@H]4[C@H](OC)[C@@H](OC)[C@@H](O[C@H]5[C@H](OC)[C@@H](OC)[C@@H](O[C@H]6[C@H](OC)[C@@H](OC)[C@@H](O[C@H]7[C@H](OC)[C@@H](OC)[C@@H](O[C@H]1[C@H](OC)[C@H]2OC)O[C@@H]7CNC(=O)CCNc1ccn(O)c(=O)n1)O[C@@H]6COC)O[C@@H]5CNC(=O)CCNc1ccn(O)c(=O)n1)O[C@@H]4COC)O[C@@H]3CNC(=O)CCNc1ccn(O)c(=O)n1. The Labute approximate surface area is 689 Å². The Morgan fingerprint density at radius 3 is 0.683 bits per heavy atom. The van der Waals surface area contributed by atoms with E-state index < -0.39 is 219 Å². The van der Waals surface area contributed by atoms with Crippen molar-refractivity contribution in [2.45, 2.75) is 203 Å². The molecule has 9 N–H and O–H groups in total. The summed E-state index contributed by atoms with van der Waals surface area (Å²) in [6.45, 7) is -1.67. The molecular weight excluding hydrogens is 1610 g/mol. The molecule has 678 valence electrons. The lowest BCUT2D eigenvalue weighted by Crippen LogP contribution is -2.70. The largest absolute Gasteiger partial charge is 0.424 e. The lowest BCUT2D eigenvalue weighted by molar-refractivity contribution is -0.407. The summed E-state index contributed by atoms with van der Waals surface area (Å²) in [4.78, 5) is 90.0. The second-order valence-electron chi connectivity index (χ2n) is 28.4. The molecular formula is C72H114N12O36. The van der Waals surface area contributed by atoms with Gasteiger partial charge in [-0.15, -0.1) is 14.2 Å². The number of rotatable bonds is 36. The second-order valence-corrected chi connectivity index (χ2v) is 28.4. The fraction of sp³-hybridized carbons (Fsp3) is 0.792. The monoisotopic (exact) mass is 1720 g/mol. The molecule has 0 aliphatic carbocycles. The molecule has 0 saturated carbocycles. The number of ether oxygens (including phenoxy) is 27. The number of aromatic nitrogens is 6. The van der Waals surface area contributed by atoms with Gasteiger partial charge in [-0.1, -0.05) is 0 Å². The van der Waals surface area contributed by atoms with E-state index in [-0.39, 0.29) is 95.8 Å². The molecule has 3 aromatic heterocycles. The molecule has 0 unspecified atom stereocenters. The van der Waals surface area contributed by atoms with Crippen LogP contribution < -0.4 is 49.0 Å². The summed E-state index contributed by atoms with van der Waals surface area (Å²) >= 11 is 0. The molecule has 25 rings (SSSR count). The first kappa shape index (κ1) is 95.0. The van der Waals surface area contributed by atoms with Gasteiger partial charge in [0.1, 0.15) is 164 Å². The number of methoxy groups -OCH3 is 15. The van der Waals surface area contributed by atoms with Crippen LogP contribution in [-0.4, -0.2) is 412 Å². The Morgan fingerprint density at radius 2 is 0.500 bits per heavy atom. The van der Waals surface area contributed by atoms with Gasteiger partial charge in [-0.3, -0.25) is 14.4 Å². The minimum atomic E-state index is -1.48. The molecule has 0 radical (unpaired) electrons. The molecule has 0 aromatic carbocycles. The standard InChI is InChI=1S/C72H114N12O36/c1-94-31-37-49-55(100-7)61(106-13)67(112-37)115-46-34(28-76-43(85)16-22-73-40-19-25-82(91)70(88)79-40)110-65(59(104-11)52(46)97-4)119-50-38(32-95-2)114-69(63(108-15)56(50)101-8)117-48-36(30-78-45(87)18-24-75-42-21-27-84(93)72(90)81-42)111-66(60(105-12)54(48)99-6)120-51-39(33-96-3)113-68(62(107-14)57(51)102-9)116-47-35(109-64(118-49)58(103-10)53(47)98-5)29-77-44(86)17-23-74-41-20-26-83(92)71(89)80-41/h19-21,25-27,34-39,46-69,91-93H,16-18,22-24,28-33H2,1-15H3,(H,76,85)(H,77,86)(H,78,87)(H,73,79,88)(H,74,80,89)(H,75,81,90)/t34-,35-,36-,37-,38-,39-,46-,47-,48-,49-,50-,51-,52+,53+,54+,55+,56+,57+,58-,59-,60-,61-,62-,63-,64-,65-,66-,67-,68-,69-/m1/s1. The van der Waals surface area contributed by atoms with E-state index in [1.807, 2.05) is 0 Å². The average Bonchev–Trinajstić information content (AvgIpc) is 0.758. The van der Waals surface area contributed by atoms with Crippen LogP contribution in [-0.2, 0) is 142 Å². The predicted molar refractivity (Wildman–Crippen MR) is 402 cm³/mol. The number of anilines is 3. The number of carbonyl (C=O) groups excluding carboxylic acids is 3.